The minimum atomic E-state index is 0.788. The smallest absolute Gasteiger partial charge is 0.0118 e. The predicted molar refractivity (Wildman–Crippen MR) is 65.8 cm³/mol. The molecule has 2 aliphatic carbocycles. The summed E-state index contributed by atoms with van der Waals surface area (Å²) in [5, 5.41) is 3.82. The quantitative estimate of drug-likeness (QED) is 0.682. The molecule has 0 heterocycles. The Morgan fingerprint density at radius 2 is 2.00 bits per heavy atom. The Morgan fingerprint density at radius 1 is 1.20 bits per heavy atom. The Bertz CT molecular complexity index is 213. The van der Waals surface area contributed by atoms with Crippen molar-refractivity contribution >= 4 is 0 Å². The van der Waals surface area contributed by atoms with E-state index >= 15 is 0 Å². The van der Waals surface area contributed by atoms with Gasteiger partial charge in [-0.25, -0.2) is 0 Å². The summed E-state index contributed by atoms with van der Waals surface area (Å²) in [5.41, 5.74) is 0. The highest BCUT2D eigenvalue weighted by atomic mass is 14.9. The molecule has 2 atom stereocenters. The van der Waals surface area contributed by atoms with Crippen LogP contribution in [0.4, 0.5) is 0 Å². The van der Waals surface area contributed by atoms with Crippen LogP contribution in [0, 0.1) is 17.8 Å². The van der Waals surface area contributed by atoms with E-state index in [9.17, 15) is 0 Å². The molecule has 1 fully saturated rings. The van der Waals surface area contributed by atoms with Crippen molar-refractivity contribution < 1.29 is 0 Å². The molecule has 2 rings (SSSR count). The molecule has 1 nitrogen and oxygen atoms in total. The monoisotopic (exact) mass is 207 g/mol. The molecular formula is C14H25N. The standard InChI is InChI=1S/C14H25N/c1-11(2)14(13-8-9-13)15-10-12-6-4-3-5-7-12/h3-4,11-15H,5-10H2,1-2H3. The molecule has 0 aliphatic heterocycles. The molecule has 86 valence electrons. The van der Waals surface area contributed by atoms with Gasteiger partial charge in [0.2, 0.25) is 0 Å². The molecular weight excluding hydrogens is 182 g/mol. The number of nitrogens with one attached hydrogen (secondary N) is 1. The highest BCUT2D eigenvalue weighted by Crippen LogP contribution is 2.35. The molecule has 1 saturated carbocycles. The highest BCUT2D eigenvalue weighted by molar-refractivity contribution is 4.93. The zero-order chi connectivity index (χ0) is 10.7. The Balaban J connectivity index is 1.72. The van der Waals surface area contributed by atoms with Gasteiger partial charge < -0.3 is 5.32 Å². The molecule has 0 amide bonds. The highest BCUT2D eigenvalue weighted by Gasteiger charge is 2.32. The minimum Gasteiger partial charge on any atom is -0.313 e. The molecule has 0 aromatic rings. The van der Waals surface area contributed by atoms with Crippen molar-refractivity contribution in [2.45, 2.75) is 52.0 Å². The van der Waals surface area contributed by atoms with Gasteiger partial charge in [-0.1, -0.05) is 26.0 Å². The third kappa shape index (κ3) is 3.34. The molecule has 2 unspecified atom stereocenters. The van der Waals surface area contributed by atoms with Gasteiger partial charge in [-0.15, -0.1) is 0 Å². The summed E-state index contributed by atoms with van der Waals surface area (Å²) >= 11 is 0. The number of hydrogen-bond acceptors (Lipinski definition) is 1. The lowest BCUT2D eigenvalue weighted by Gasteiger charge is -2.26. The van der Waals surface area contributed by atoms with Gasteiger partial charge in [0.15, 0.2) is 0 Å². The maximum atomic E-state index is 3.82. The molecule has 15 heavy (non-hydrogen) atoms. The van der Waals surface area contributed by atoms with Crippen LogP contribution in [0.1, 0.15) is 46.0 Å². The third-order valence-electron chi connectivity index (χ3n) is 3.87. The topological polar surface area (TPSA) is 12.0 Å². The lowest BCUT2D eigenvalue weighted by atomic mass is 9.92. The van der Waals surface area contributed by atoms with Gasteiger partial charge in [0.05, 0.1) is 0 Å². The predicted octanol–water partition coefficient (Wildman–Crippen LogP) is 3.37. The fourth-order valence-electron chi connectivity index (χ4n) is 2.75. The van der Waals surface area contributed by atoms with E-state index < -0.39 is 0 Å². The maximum Gasteiger partial charge on any atom is 0.0118 e. The zero-order valence-electron chi connectivity index (χ0n) is 10.2. The fraction of sp³-hybridized carbons (Fsp3) is 0.857. The van der Waals surface area contributed by atoms with Crippen molar-refractivity contribution in [3.8, 4) is 0 Å². The molecule has 0 aromatic carbocycles. The van der Waals surface area contributed by atoms with E-state index in [2.05, 4.69) is 31.3 Å². The Labute approximate surface area is 94.3 Å². The number of hydrogen-bond donors (Lipinski definition) is 1. The molecule has 1 heteroatoms. The van der Waals surface area contributed by atoms with Gasteiger partial charge in [0.1, 0.15) is 0 Å². The van der Waals surface area contributed by atoms with Gasteiger partial charge in [0.25, 0.3) is 0 Å². The lowest BCUT2D eigenvalue weighted by molar-refractivity contribution is 0.323. The van der Waals surface area contributed by atoms with E-state index in [1.54, 1.807) is 0 Å². The molecule has 0 saturated heterocycles. The van der Waals surface area contributed by atoms with Crippen LogP contribution in [0.15, 0.2) is 12.2 Å². The van der Waals surface area contributed by atoms with Crippen molar-refractivity contribution in [2.24, 2.45) is 17.8 Å². The van der Waals surface area contributed by atoms with Crippen LogP contribution in [-0.2, 0) is 0 Å². The Morgan fingerprint density at radius 3 is 2.53 bits per heavy atom. The first kappa shape index (κ1) is 11.2. The average Bonchev–Trinajstić information content (AvgIpc) is 3.03. The van der Waals surface area contributed by atoms with E-state index in [0.29, 0.717) is 0 Å². The molecule has 0 spiro atoms. The maximum absolute atomic E-state index is 3.82. The second-order valence-electron chi connectivity index (χ2n) is 5.67. The summed E-state index contributed by atoms with van der Waals surface area (Å²) in [5.74, 6) is 2.69. The van der Waals surface area contributed by atoms with Crippen molar-refractivity contribution in [2.75, 3.05) is 6.54 Å². The first-order valence-corrected chi connectivity index (χ1v) is 6.65. The summed E-state index contributed by atoms with van der Waals surface area (Å²) in [6.07, 6.45) is 11.6. The van der Waals surface area contributed by atoms with E-state index in [1.165, 1.54) is 38.6 Å². The SMILES string of the molecule is CC(C)C(NCC1CC=CCC1)C1CC1. The third-order valence-corrected chi connectivity index (χ3v) is 3.87. The van der Waals surface area contributed by atoms with Crippen molar-refractivity contribution in [1.82, 2.24) is 5.32 Å². The summed E-state index contributed by atoms with van der Waals surface area (Å²) in [6.45, 7) is 5.96. The van der Waals surface area contributed by atoms with E-state index in [0.717, 1.165) is 23.8 Å². The fourth-order valence-corrected chi connectivity index (χ4v) is 2.75. The van der Waals surface area contributed by atoms with E-state index in [-0.39, 0.29) is 0 Å². The van der Waals surface area contributed by atoms with Crippen molar-refractivity contribution in [3.05, 3.63) is 12.2 Å². The van der Waals surface area contributed by atoms with Crippen LogP contribution in [0.2, 0.25) is 0 Å². The lowest BCUT2D eigenvalue weighted by Crippen LogP contribution is -2.39. The second-order valence-corrected chi connectivity index (χ2v) is 5.67. The molecule has 0 radical (unpaired) electrons. The van der Waals surface area contributed by atoms with Gasteiger partial charge in [-0.3, -0.25) is 0 Å². The normalized spacial score (nSPS) is 28.3. The van der Waals surface area contributed by atoms with Crippen LogP contribution < -0.4 is 5.32 Å². The van der Waals surface area contributed by atoms with Gasteiger partial charge in [-0.2, -0.15) is 0 Å². The van der Waals surface area contributed by atoms with E-state index in [4.69, 9.17) is 0 Å². The summed E-state index contributed by atoms with van der Waals surface area (Å²) < 4.78 is 0. The zero-order valence-corrected chi connectivity index (χ0v) is 10.2. The summed E-state index contributed by atoms with van der Waals surface area (Å²) in [7, 11) is 0. The summed E-state index contributed by atoms with van der Waals surface area (Å²) in [4.78, 5) is 0. The van der Waals surface area contributed by atoms with E-state index in [1.807, 2.05) is 0 Å². The number of rotatable bonds is 5. The van der Waals surface area contributed by atoms with Crippen LogP contribution in [0.5, 0.6) is 0 Å². The number of allylic oxidation sites excluding steroid dienone is 2. The first-order chi connectivity index (χ1) is 7.27. The molecule has 0 aromatic heterocycles. The Kier molecular flexibility index (Phi) is 3.85. The first-order valence-electron chi connectivity index (χ1n) is 6.65. The Hall–Kier alpha value is -0.300. The van der Waals surface area contributed by atoms with Gasteiger partial charge in [-0.05, 0) is 56.4 Å². The van der Waals surface area contributed by atoms with Crippen LogP contribution in [0.3, 0.4) is 0 Å². The van der Waals surface area contributed by atoms with Gasteiger partial charge >= 0.3 is 0 Å². The minimum absolute atomic E-state index is 0.788. The van der Waals surface area contributed by atoms with Gasteiger partial charge in [0, 0.05) is 6.04 Å². The van der Waals surface area contributed by atoms with Crippen LogP contribution in [0.25, 0.3) is 0 Å². The van der Waals surface area contributed by atoms with Crippen LogP contribution >= 0.6 is 0 Å². The van der Waals surface area contributed by atoms with Crippen molar-refractivity contribution in [3.63, 3.8) is 0 Å². The van der Waals surface area contributed by atoms with Crippen molar-refractivity contribution in [1.29, 1.82) is 0 Å². The second kappa shape index (κ2) is 5.16. The molecule has 0 bridgehead atoms. The molecule has 2 aliphatic rings. The summed E-state index contributed by atoms with van der Waals surface area (Å²) in [6, 6.07) is 0.788. The molecule has 1 N–H and O–H groups in total. The average molecular weight is 207 g/mol. The largest absolute Gasteiger partial charge is 0.313 e. The van der Waals surface area contributed by atoms with Crippen LogP contribution in [-0.4, -0.2) is 12.6 Å².